The fraction of sp³-hybridized carbons (Fsp3) is 0.136. The molecule has 3 aromatic carbocycles. The topological polar surface area (TPSA) is 46.5 Å². The van der Waals surface area contributed by atoms with Crippen LogP contribution in [0, 0.1) is 13.8 Å². The Morgan fingerprint density at radius 3 is 2.20 bits per heavy atom. The van der Waals surface area contributed by atoms with Gasteiger partial charge in [0.1, 0.15) is 24.4 Å². The summed E-state index contributed by atoms with van der Waals surface area (Å²) in [5.74, 6) is 1.03. The number of phenols is 1. The fourth-order valence-electron chi connectivity index (χ4n) is 2.85. The van der Waals surface area contributed by atoms with Crippen molar-refractivity contribution in [2.24, 2.45) is 0 Å². The van der Waals surface area contributed by atoms with Gasteiger partial charge in [-0.2, -0.15) is 0 Å². The number of carbonyl (C=O) groups excluding carboxylic acids is 1. The summed E-state index contributed by atoms with van der Waals surface area (Å²) in [6, 6.07) is 18.7. The molecule has 0 heterocycles. The van der Waals surface area contributed by atoms with Crippen LogP contribution in [-0.4, -0.2) is 11.4 Å². The molecule has 0 saturated carbocycles. The predicted octanol–water partition coefficient (Wildman–Crippen LogP) is 5.07. The lowest BCUT2D eigenvalue weighted by molar-refractivity contribution is 0.112. The molecule has 0 saturated heterocycles. The lowest BCUT2D eigenvalue weighted by Gasteiger charge is -2.15. The zero-order valence-corrected chi connectivity index (χ0v) is 14.3. The SMILES string of the molecule is Cc1c(O)cccc1-c1cccc(COc2ccc(C=O)cc2)c1C. The van der Waals surface area contributed by atoms with E-state index in [1.807, 2.05) is 31.2 Å². The summed E-state index contributed by atoms with van der Waals surface area (Å²) in [6.07, 6.45) is 0.814. The fourth-order valence-corrected chi connectivity index (χ4v) is 2.85. The standard InChI is InChI=1S/C22H20O3/c1-15-18(14-25-19-11-9-17(13-23)10-12-19)5-3-6-20(15)21-7-4-8-22(24)16(21)2/h3-13,24H,14H2,1-2H3. The van der Waals surface area contributed by atoms with E-state index in [1.165, 1.54) is 0 Å². The number of aldehydes is 1. The molecule has 126 valence electrons. The lowest BCUT2D eigenvalue weighted by atomic mass is 9.93. The maximum atomic E-state index is 10.7. The quantitative estimate of drug-likeness (QED) is 0.664. The molecule has 0 radical (unpaired) electrons. The number of carbonyl (C=O) groups is 1. The molecule has 0 aliphatic rings. The van der Waals surface area contributed by atoms with E-state index in [2.05, 4.69) is 13.0 Å². The summed E-state index contributed by atoms with van der Waals surface area (Å²) in [5, 5.41) is 9.97. The molecule has 3 nitrogen and oxygen atoms in total. The summed E-state index contributed by atoms with van der Waals surface area (Å²) in [7, 11) is 0. The second kappa shape index (κ2) is 7.22. The van der Waals surface area contributed by atoms with Gasteiger partial charge < -0.3 is 9.84 Å². The van der Waals surface area contributed by atoms with Crippen LogP contribution in [-0.2, 0) is 6.61 Å². The first-order valence-corrected chi connectivity index (χ1v) is 8.15. The first-order chi connectivity index (χ1) is 12.1. The van der Waals surface area contributed by atoms with Gasteiger partial charge in [0, 0.05) is 5.56 Å². The third-order valence-electron chi connectivity index (χ3n) is 4.45. The lowest BCUT2D eigenvalue weighted by Crippen LogP contribution is -2.00. The van der Waals surface area contributed by atoms with Crippen molar-refractivity contribution < 1.29 is 14.6 Å². The summed E-state index contributed by atoms with van der Waals surface area (Å²) in [4.78, 5) is 10.7. The van der Waals surface area contributed by atoms with Gasteiger partial charge in [-0.1, -0.05) is 30.3 Å². The molecule has 1 N–H and O–H groups in total. The smallest absolute Gasteiger partial charge is 0.150 e. The molecule has 25 heavy (non-hydrogen) atoms. The molecule has 0 aliphatic carbocycles. The van der Waals surface area contributed by atoms with E-state index in [0.717, 1.165) is 39.9 Å². The van der Waals surface area contributed by atoms with Crippen LogP contribution in [0.25, 0.3) is 11.1 Å². The van der Waals surface area contributed by atoms with E-state index in [1.54, 1.807) is 30.3 Å². The zero-order chi connectivity index (χ0) is 17.8. The van der Waals surface area contributed by atoms with Crippen molar-refractivity contribution in [2.45, 2.75) is 20.5 Å². The Hall–Kier alpha value is -3.07. The summed E-state index contributed by atoms with van der Waals surface area (Å²) < 4.78 is 5.85. The molecule has 0 aliphatic heterocycles. The van der Waals surface area contributed by atoms with E-state index < -0.39 is 0 Å². The number of hydrogen-bond donors (Lipinski definition) is 1. The number of phenolic OH excluding ortho intramolecular Hbond substituents is 1. The number of benzene rings is 3. The van der Waals surface area contributed by atoms with Crippen LogP contribution < -0.4 is 4.74 Å². The highest BCUT2D eigenvalue weighted by molar-refractivity contribution is 5.75. The van der Waals surface area contributed by atoms with Gasteiger partial charge in [0.2, 0.25) is 0 Å². The van der Waals surface area contributed by atoms with E-state index in [0.29, 0.717) is 17.9 Å². The van der Waals surface area contributed by atoms with Crippen molar-refractivity contribution in [2.75, 3.05) is 0 Å². The van der Waals surface area contributed by atoms with Crippen LogP contribution in [0.4, 0.5) is 0 Å². The molecule has 0 atom stereocenters. The van der Waals surface area contributed by atoms with Gasteiger partial charge in [-0.05, 0) is 72.0 Å². The minimum atomic E-state index is 0.300. The number of aromatic hydroxyl groups is 1. The third kappa shape index (κ3) is 3.56. The first kappa shape index (κ1) is 16.8. The van der Waals surface area contributed by atoms with E-state index >= 15 is 0 Å². The summed E-state index contributed by atoms with van der Waals surface area (Å²) in [6.45, 7) is 4.42. The molecule has 3 heteroatoms. The Bertz CT molecular complexity index is 896. The van der Waals surface area contributed by atoms with Gasteiger partial charge in [0.15, 0.2) is 0 Å². The van der Waals surface area contributed by atoms with Gasteiger partial charge in [0.05, 0.1) is 0 Å². The van der Waals surface area contributed by atoms with Crippen LogP contribution >= 0.6 is 0 Å². The Kier molecular flexibility index (Phi) is 4.85. The first-order valence-electron chi connectivity index (χ1n) is 8.15. The molecular weight excluding hydrogens is 312 g/mol. The molecular formula is C22H20O3. The van der Waals surface area contributed by atoms with Crippen LogP contribution in [0.3, 0.4) is 0 Å². The Morgan fingerprint density at radius 2 is 1.52 bits per heavy atom. The van der Waals surface area contributed by atoms with Gasteiger partial charge in [0.25, 0.3) is 0 Å². The molecule has 3 rings (SSSR count). The van der Waals surface area contributed by atoms with Crippen molar-refractivity contribution in [3.63, 3.8) is 0 Å². The monoisotopic (exact) mass is 332 g/mol. The van der Waals surface area contributed by atoms with Crippen LogP contribution in [0.15, 0.2) is 60.7 Å². The van der Waals surface area contributed by atoms with E-state index in [9.17, 15) is 9.90 Å². The van der Waals surface area contributed by atoms with E-state index in [4.69, 9.17) is 4.74 Å². The molecule has 0 amide bonds. The predicted molar refractivity (Wildman–Crippen MR) is 99.2 cm³/mol. The molecule has 0 spiro atoms. The van der Waals surface area contributed by atoms with Crippen molar-refractivity contribution in [3.8, 4) is 22.6 Å². The molecule has 0 bridgehead atoms. The van der Waals surface area contributed by atoms with Crippen molar-refractivity contribution >= 4 is 6.29 Å². The summed E-state index contributed by atoms with van der Waals surface area (Å²) in [5.41, 5.74) is 5.82. The Labute approximate surface area is 147 Å². The van der Waals surface area contributed by atoms with Crippen LogP contribution in [0.1, 0.15) is 27.0 Å². The highest BCUT2D eigenvalue weighted by Crippen LogP contribution is 2.32. The average Bonchev–Trinajstić information content (AvgIpc) is 2.64. The third-order valence-corrected chi connectivity index (χ3v) is 4.45. The van der Waals surface area contributed by atoms with Gasteiger partial charge in [-0.3, -0.25) is 4.79 Å². The maximum Gasteiger partial charge on any atom is 0.150 e. The van der Waals surface area contributed by atoms with Crippen molar-refractivity contribution in [3.05, 3.63) is 82.9 Å². The summed E-state index contributed by atoms with van der Waals surface area (Å²) >= 11 is 0. The highest BCUT2D eigenvalue weighted by Gasteiger charge is 2.10. The highest BCUT2D eigenvalue weighted by atomic mass is 16.5. The molecule has 0 unspecified atom stereocenters. The second-order valence-corrected chi connectivity index (χ2v) is 6.01. The average molecular weight is 332 g/mol. The molecule has 0 aromatic heterocycles. The molecule has 0 fully saturated rings. The molecule has 3 aromatic rings. The minimum Gasteiger partial charge on any atom is -0.508 e. The number of hydrogen-bond acceptors (Lipinski definition) is 3. The van der Waals surface area contributed by atoms with Gasteiger partial charge in [-0.25, -0.2) is 0 Å². The van der Waals surface area contributed by atoms with Gasteiger partial charge >= 0.3 is 0 Å². The Morgan fingerprint density at radius 1 is 0.880 bits per heavy atom. The maximum absolute atomic E-state index is 10.7. The van der Waals surface area contributed by atoms with Crippen LogP contribution in [0.2, 0.25) is 0 Å². The minimum absolute atomic E-state index is 0.300. The van der Waals surface area contributed by atoms with Crippen molar-refractivity contribution in [1.29, 1.82) is 0 Å². The number of rotatable bonds is 5. The largest absolute Gasteiger partial charge is 0.508 e. The van der Waals surface area contributed by atoms with Crippen molar-refractivity contribution in [1.82, 2.24) is 0 Å². The van der Waals surface area contributed by atoms with Crippen LogP contribution in [0.5, 0.6) is 11.5 Å². The van der Waals surface area contributed by atoms with E-state index in [-0.39, 0.29) is 0 Å². The second-order valence-electron chi connectivity index (χ2n) is 6.01. The van der Waals surface area contributed by atoms with Gasteiger partial charge in [-0.15, -0.1) is 0 Å². The normalized spacial score (nSPS) is 10.5. The number of ether oxygens (including phenoxy) is 1. The Balaban J connectivity index is 1.85. The zero-order valence-electron chi connectivity index (χ0n) is 14.3.